The number of para-hydroxylation sites is 1. The Kier molecular flexibility index (Phi) is 5.89. The van der Waals surface area contributed by atoms with Gasteiger partial charge in [-0.05, 0) is 108 Å². The molecule has 2 heteroatoms. The van der Waals surface area contributed by atoms with Crippen LogP contribution >= 0.6 is 11.3 Å². The van der Waals surface area contributed by atoms with Crippen molar-refractivity contribution in [3.05, 3.63) is 170 Å². The first-order chi connectivity index (χ1) is 24.8. The summed E-state index contributed by atoms with van der Waals surface area (Å²) in [6, 6.07) is 62.1. The predicted molar refractivity (Wildman–Crippen MR) is 215 cm³/mol. The average molecular weight is 653 g/mol. The highest BCUT2D eigenvalue weighted by atomic mass is 32.1. The van der Waals surface area contributed by atoms with Crippen LogP contribution in [0, 0.1) is 0 Å². The molecule has 0 N–H and O–H groups in total. The van der Waals surface area contributed by atoms with E-state index in [1.54, 1.807) is 0 Å². The van der Waals surface area contributed by atoms with E-state index in [9.17, 15) is 0 Å². The van der Waals surface area contributed by atoms with Gasteiger partial charge in [0.05, 0.1) is 0 Å². The van der Waals surface area contributed by atoms with Crippen molar-refractivity contribution in [2.24, 2.45) is 0 Å². The Hall–Kier alpha value is -6.22. The fourth-order valence-corrected chi connectivity index (χ4v) is 9.32. The van der Waals surface area contributed by atoms with Gasteiger partial charge in [0.15, 0.2) is 0 Å². The molecule has 11 rings (SSSR count). The van der Waals surface area contributed by atoms with Crippen LogP contribution in [-0.4, -0.2) is 0 Å². The van der Waals surface area contributed by atoms with Gasteiger partial charge in [-0.3, -0.25) is 0 Å². The lowest BCUT2D eigenvalue weighted by Crippen LogP contribution is -1.91. The van der Waals surface area contributed by atoms with Crippen LogP contribution in [-0.2, 0) is 0 Å². The molecule has 0 spiro atoms. The molecule has 0 unspecified atom stereocenters. The van der Waals surface area contributed by atoms with Crippen LogP contribution in [0.2, 0.25) is 0 Å². The molecule has 0 atom stereocenters. The van der Waals surface area contributed by atoms with Gasteiger partial charge in [0, 0.05) is 30.9 Å². The largest absolute Gasteiger partial charge is 0.456 e. The number of rotatable bonds is 3. The van der Waals surface area contributed by atoms with Gasteiger partial charge in [0.25, 0.3) is 0 Å². The van der Waals surface area contributed by atoms with E-state index in [-0.39, 0.29) is 0 Å². The normalized spacial score (nSPS) is 12.0. The Morgan fingerprint density at radius 1 is 0.320 bits per heavy atom. The maximum atomic E-state index is 6.21. The van der Waals surface area contributed by atoms with Gasteiger partial charge in [0.2, 0.25) is 0 Å². The van der Waals surface area contributed by atoms with Crippen molar-refractivity contribution in [2.75, 3.05) is 0 Å². The molecule has 0 amide bonds. The summed E-state index contributed by atoms with van der Waals surface area (Å²) in [6.45, 7) is 0. The minimum absolute atomic E-state index is 0.937. The first kappa shape index (κ1) is 27.7. The third-order valence-electron chi connectivity index (χ3n) is 10.4. The second kappa shape index (κ2) is 10.6. The highest BCUT2D eigenvalue weighted by Gasteiger charge is 2.18. The van der Waals surface area contributed by atoms with Crippen LogP contribution < -0.4 is 0 Å². The van der Waals surface area contributed by atoms with E-state index >= 15 is 0 Å². The van der Waals surface area contributed by atoms with Crippen molar-refractivity contribution in [3.63, 3.8) is 0 Å². The lowest BCUT2D eigenvalue weighted by atomic mass is 9.85. The molecule has 2 aromatic heterocycles. The minimum Gasteiger partial charge on any atom is -0.456 e. The average Bonchev–Trinajstić information content (AvgIpc) is 3.74. The molecule has 1 nitrogen and oxygen atoms in total. The van der Waals surface area contributed by atoms with Gasteiger partial charge in [-0.2, -0.15) is 0 Å². The number of thiophene rings is 1. The van der Waals surface area contributed by atoms with Gasteiger partial charge in [-0.1, -0.05) is 127 Å². The zero-order valence-corrected chi connectivity index (χ0v) is 27.8. The van der Waals surface area contributed by atoms with Crippen molar-refractivity contribution in [1.82, 2.24) is 0 Å². The zero-order valence-electron chi connectivity index (χ0n) is 27.0. The van der Waals surface area contributed by atoms with E-state index in [4.69, 9.17) is 4.42 Å². The van der Waals surface area contributed by atoms with Gasteiger partial charge >= 0.3 is 0 Å². The van der Waals surface area contributed by atoms with Gasteiger partial charge < -0.3 is 4.42 Å². The highest BCUT2D eigenvalue weighted by Crippen LogP contribution is 2.45. The Bertz CT molecular complexity index is 3090. The first-order valence-corrected chi connectivity index (χ1v) is 17.9. The molecule has 0 bridgehead atoms. The zero-order chi connectivity index (χ0) is 32.8. The number of hydrogen-bond acceptors (Lipinski definition) is 2. The van der Waals surface area contributed by atoms with E-state index in [1.807, 2.05) is 17.4 Å². The van der Waals surface area contributed by atoms with E-state index in [0.29, 0.717) is 0 Å². The van der Waals surface area contributed by atoms with Crippen LogP contribution in [0.25, 0.3) is 108 Å². The molecule has 11 aromatic rings. The fraction of sp³-hybridized carbons (Fsp3) is 0. The van der Waals surface area contributed by atoms with Crippen LogP contribution in [0.1, 0.15) is 0 Å². The van der Waals surface area contributed by atoms with Gasteiger partial charge in [0.1, 0.15) is 11.2 Å². The summed E-state index contributed by atoms with van der Waals surface area (Å²) in [6.07, 6.45) is 0. The molecule has 9 aromatic carbocycles. The topological polar surface area (TPSA) is 13.1 Å². The Labute approximate surface area is 292 Å². The quantitative estimate of drug-likeness (QED) is 0.173. The fourth-order valence-electron chi connectivity index (χ4n) is 8.21. The molecule has 0 saturated carbocycles. The third kappa shape index (κ3) is 4.06. The minimum atomic E-state index is 0.937. The van der Waals surface area contributed by atoms with Crippen molar-refractivity contribution >= 4 is 85.8 Å². The number of benzene rings is 9. The number of furan rings is 1. The third-order valence-corrected chi connectivity index (χ3v) is 11.6. The summed E-state index contributed by atoms with van der Waals surface area (Å²) in [5.41, 5.74) is 9.37. The summed E-state index contributed by atoms with van der Waals surface area (Å²) >= 11 is 1.87. The molecule has 0 saturated heterocycles. The smallest absolute Gasteiger partial charge is 0.136 e. The lowest BCUT2D eigenvalue weighted by molar-refractivity contribution is 0.669. The van der Waals surface area contributed by atoms with Crippen molar-refractivity contribution in [2.45, 2.75) is 0 Å². The van der Waals surface area contributed by atoms with Crippen LogP contribution in [0.15, 0.2) is 174 Å². The summed E-state index contributed by atoms with van der Waals surface area (Å²) in [7, 11) is 0. The SMILES string of the molecule is c1ccc(-c2c3ccccc3c(-c3cccc(-c4ccc5sc6cc7c(ccc8oc9ccccc9c87)cc6c5c4)c3)c3ccccc23)cc1. The molecule has 232 valence electrons. The van der Waals surface area contributed by atoms with E-state index in [1.165, 1.54) is 96.6 Å². The first-order valence-electron chi connectivity index (χ1n) is 17.1. The molecular weight excluding hydrogens is 625 g/mol. The summed E-state index contributed by atoms with van der Waals surface area (Å²) in [4.78, 5) is 0. The summed E-state index contributed by atoms with van der Waals surface area (Å²) < 4.78 is 8.82. The highest BCUT2D eigenvalue weighted by molar-refractivity contribution is 7.25. The predicted octanol–water partition coefficient (Wildman–Crippen LogP) is 14.4. The lowest BCUT2D eigenvalue weighted by Gasteiger charge is -2.18. The van der Waals surface area contributed by atoms with Crippen molar-refractivity contribution < 1.29 is 4.42 Å². The summed E-state index contributed by atoms with van der Waals surface area (Å²) in [5, 5.41) is 12.6. The number of hydrogen-bond donors (Lipinski definition) is 0. The van der Waals surface area contributed by atoms with Crippen molar-refractivity contribution in [3.8, 4) is 33.4 Å². The van der Waals surface area contributed by atoms with Gasteiger partial charge in [-0.25, -0.2) is 0 Å². The molecule has 0 aliphatic heterocycles. The van der Waals surface area contributed by atoms with Gasteiger partial charge in [-0.15, -0.1) is 11.3 Å². The van der Waals surface area contributed by atoms with Crippen LogP contribution in [0.5, 0.6) is 0 Å². The molecule has 0 radical (unpaired) electrons. The second-order valence-electron chi connectivity index (χ2n) is 13.2. The molecule has 2 heterocycles. The molecule has 0 fully saturated rings. The van der Waals surface area contributed by atoms with Crippen LogP contribution in [0.4, 0.5) is 0 Å². The maximum Gasteiger partial charge on any atom is 0.136 e. The molecule has 50 heavy (non-hydrogen) atoms. The van der Waals surface area contributed by atoms with E-state index in [2.05, 4.69) is 164 Å². The Balaban J connectivity index is 1.10. The number of fused-ring (bicyclic) bond motifs is 10. The molecule has 0 aliphatic rings. The van der Waals surface area contributed by atoms with Crippen molar-refractivity contribution in [1.29, 1.82) is 0 Å². The Morgan fingerprint density at radius 2 is 0.920 bits per heavy atom. The molecule has 0 aliphatic carbocycles. The Morgan fingerprint density at radius 3 is 1.68 bits per heavy atom. The van der Waals surface area contributed by atoms with Crippen LogP contribution in [0.3, 0.4) is 0 Å². The summed E-state index contributed by atoms with van der Waals surface area (Å²) in [5.74, 6) is 0. The van der Waals surface area contributed by atoms with E-state index < -0.39 is 0 Å². The maximum absolute atomic E-state index is 6.21. The second-order valence-corrected chi connectivity index (χ2v) is 14.3. The molecular formula is C48H28OS. The standard InChI is InChI=1S/C48H28OS/c1-2-11-29(12-3-1)46-34-15-4-6-17-36(34)47(37-18-7-5-16-35(37)46)33-14-10-13-30(25-33)31-22-24-44-40(26-31)41-27-32-21-23-43-48(39(32)28-45(41)50-44)38-19-8-9-20-42(38)49-43/h1-28H. The monoisotopic (exact) mass is 652 g/mol. The van der Waals surface area contributed by atoms with E-state index in [0.717, 1.165) is 11.2 Å².